The van der Waals surface area contributed by atoms with E-state index in [1.54, 1.807) is 30.3 Å². The van der Waals surface area contributed by atoms with Crippen LogP contribution in [0.4, 0.5) is 10.5 Å². The molecule has 0 aliphatic carbocycles. The van der Waals surface area contributed by atoms with Crippen LogP contribution in [0.5, 0.6) is 5.75 Å². The summed E-state index contributed by atoms with van der Waals surface area (Å²) in [6.07, 6.45) is -1.22. The topological polar surface area (TPSA) is 78.9 Å². The number of nitrogens with zero attached hydrogens (tertiary/aromatic N) is 1. The molecule has 6 heteroatoms. The van der Waals surface area contributed by atoms with Crippen molar-refractivity contribution in [3.63, 3.8) is 0 Å². The minimum absolute atomic E-state index is 0.0670. The van der Waals surface area contributed by atoms with Crippen LogP contribution in [0.3, 0.4) is 0 Å². The fourth-order valence-corrected chi connectivity index (χ4v) is 2.86. The predicted octanol–water partition coefficient (Wildman–Crippen LogP) is 2.57. The predicted molar refractivity (Wildman–Crippen MR) is 93.4 cm³/mol. The SMILES string of the molecule is Cc1cccc(NC(=O)[C@H]2C[C@H](O)CN2C(=O)Oc2ccccc2)c1. The fraction of sp³-hybridized carbons (Fsp3) is 0.263. The first-order chi connectivity index (χ1) is 12.0. The Morgan fingerprint density at radius 3 is 2.64 bits per heavy atom. The number of amides is 2. The van der Waals surface area contributed by atoms with E-state index >= 15 is 0 Å². The van der Waals surface area contributed by atoms with E-state index < -0.39 is 18.2 Å². The quantitative estimate of drug-likeness (QED) is 0.900. The van der Waals surface area contributed by atoms with E-state index in [1.165, 1.54) is 4.90 Å². The molecule has 130 valence electrons. The Morgan fingerprint density at radius 2 is 1.92 bits per heavy atom. The highest BCUT2D eigenvalue weighted by molar-refractivity contribution is 5.97. The van der Waals surface area contributed by atoms with E-state index in [2.05, 4.69) is 5.32 Å². The highest BCUT2D eigenvalue weighted by Crippen LogP contribution is 2.22. The van der Waals surface area contributed by atoms with E-state index in [0.717, 1.165) is 5.56 Å². The molecule has 2 N–H and O–H groups in total. The second kappa shape index (κ2) is 7.36. The maximum atomic E-state index is 12.6. The van der Waals surface area contributed by atoms with E-state index in [9.17, 15) is 14.7 Å². The third kappa shape index (κ3) is 4.16. The van der Waals surface area contributed by atoms with Crippen molar-refractivity contribution in [2.75, 3.05) is 11.9 Å². The molecule has 1 saturated heterocycles. The third-order valence-electron chi connectivity index (χ3n) is 4.05. The molecule has 25 heavy (non-hydrogen) atoms. The Kier molecular flexibility index (Phi) is 5.00. The average molecular weight is 340 g/mol. The van der Waals surface area contributed by atoms with Gasteiger partial charge in [-0.25, -0.2) is 4.79 Å². The number of aryl methyl sites for hydroxylation is 1. The number of hydrogen-bond donors (Lipinski definition) is 2. The molecule has 0 unspecified atom stereocenters. The molecule has 2 amide bonds. The lowest BCUT2D eigenvalue weighted by Gasteiger charge is -2.23. The van der Waals surface area contributed by atoms with E-state index in [1.807, 2.05) is 31.2 Å². The van der Waals surface area contributed by atoms with Gasteiger partial charge in [-0.15, -0.1) is 0 Å². The van der Waals surface area contributed by atoms with Crippen molar-refractivity contribution in [1.82, 2.24) is 4.90 Å². The minimum Gasteiger partial charge on any atom is -0.410 e. The number of benzene rings is 2. The van der Waals surface area contributed by atoms with Crippen molar-refractivity contribution in [1.29, 1.82) is 0 Å². The second-order valence-electron chi connectivity index (χ2n) is 6.10. The molecule has 0 radical (unpaired) electrons. The zero-order chi connectivity index (χ0) is 17.8. The lowest BCUT2D eigenvalue weighted by atomic mass is 10.1. The molecule has 3 rings (SSSR count). The van der Waals surface area contributed by atoms with Crippen molar-refractivity contribution < 1.29 is 19.4 Å². The number of aliphatic hydroxyl groups excluding tert-OH is 1. The second-order valence-corrected chi connectivity index (χ2v) is 6.10. The molecular formula is C19H20N2O4. The molecule has 1 heterocycles. The molecule has 2 atom stereocenters. The number of aliphatic hydroxyl groups is 1. The Bertz CT molecular complexity index is 763. The van der Waals surface area contributed by atoms with Crippen LogP contribution < -0.4 is 10.1 Å². The zero-order valence-corrected chi connectivity index (χ0v) is 13.9. The number of para-hydroxylation sites is 1. The number of anilines is 1. The van der Waals surface area contributed by atoms with Gasteiger partial charge in [0.15, 0.2) is 0 Å². The van der Waals surface area contributed by atoms with Crippen molar-refractivity contribution in [2.45, 2.75) is 25.5 Å². The number of nitrogens with one attached hydrogen (secondary N) is 1. The van der Waals surface area contributed by atoms with Crippen molar-refractivity contribution in [2.24, 2.45) is 0 Å². The van der Waals surface area contributed by atoms with Crippen LogP contribution in [0.2, 0.25) is 0 Å². The zero-order valence-electron chi connectivity index (χ0n) is 13.9. The first kappa shape index (κ1) is 17.0. The minimum atomic E-state index is -0.772. The number of likely N-dealkylation sites (tertiary alicyclic amines) is 1. The van der Waals surface area contributed by atoms with Gasteiger partial charge in [0, 0.05) is 12.1 Å². The van der Waals surface area contributed by atoms with Gasteiger partial charge in [0.2, 0.25) is 5.91 Å². The van der Waals surface area contributed by atoms with E-state index in [4.69, 9.17) is 4.74 Å². The summed E-state index contributed by atoms with van der Waals surface area (Å²) in [4.78, 5) is 26.2. The third-order valence-corrected chi connectivity index (χ3v) is 4.05. The Balaban J connectivity index is 1.70. The Hall–Kier alpha value is -2.86. The summed E-state index contributed by atoms with van der Waals surface area (Å²) >= 11 is 0. The molecular weight excluding hydrogens is 320 g/mol. The van der Waals surface area contributed by atoms with Crippen molar-refractivity contribution in [3.05, 3.63) is 60.2 Å². The van der Waals surface area contributed by atoms with Gasteiger partial charge in [0.25, 0.3) is 0 Å². The van der Waals surface area contributed by atoms with Gasteiger partial charge >= 0.3 is 6.09 Å². The first-order valence-electron chi connectivity index (χ1n) is 8.12. The first-order valence-corrected chi connectivity index (χ1v) is 8.12. The summed E-state index contributed by atoms with van der Waals surface area (Å²) in [5.74, 6) is 0.0545. The molecule has 6 nitrogen and oxygen atoms in total. The highest BCUT2D eigenvalue weighted by atomic mass is 16.6. The molecule has 1 aliphatic rings. The van der Waals surface area contributed by atoms with Crippen LogP contribution in [-0.4, -0.2) is 40.7 Å². The lowest BCUT2D eigenvalue weighted by molar-refractivity contribution is -0.119. The Labute approximate surface area is 146 Å². The van der Waals surface area contributed by atoms with Crippen LogP contribution in [-0.2, 0) is 4.79 Å². The van der Waals surface area contributed by atoms with Gasteiger partial charge in [0.05, 0.1) is 12.6 Å². The van der Waals surface area contributed by atoms with Gasteiger partial charge in [-0.05, 0) is 36.8 Å². The smallest absolute Gasteiger partial charge is 0.410 e. The standard InChI is InChI=1S/C19H20N2O4/c1-13-6-5-7-14(10-13)20-18(23)17-11-15(22)12-21(17)19(24)25-16-8-3-2-4-9-16/h2-10,15,17,22H,11-12H2,1H3,(H,20,23)/t15-,17+/m0/s1. The number of rotatable bonds is 3. The molecule has 1 aliphatic heterocycles. The molecule has 0 bridgehead atoms. The van der Waals surface area contributed by atoms with Crippen molar-refractivity contribution in [3.8, 4) is 5.75 Å². The summed E-state index contributed by atoms with van der Waals surface area (Å²) in [7, 11) is 0. The number of hydrogen-bond acceptors (Lipinski definition) is 4. The molecule has 0 aromatic heterocycles. The summed E-state index contributed by atoms with van der Waals surface area (Å²) in [6.45, 7) is 2.00. The number of β-amino-alcohol motifs (C(OH)–C–C–N with tert-alkyl or cyclic N) is 1. The van der Waals surface area contributed by atoms with Crippen LogP contribution in [0.25, 0.3) is 0 Å². The summed E-state index contributed by atoms with van der Waals surface area (Å²) < 4.78 is 5.29. The highest BCUT2D eigenvalue weighted by Gasteiger charge is 2.40. The van der Waals surface area contributed by atoms with E-state index in [-0.39, 0.29) is 18.9 Å². The monoisotopic (exact) mass is 340 g/mol. The van der Waals surface area contributed by atoms with Crippen LogP contribution in [0, 0.1) is 6.92 Å². The molecule has 2 aromatic carbocycles. The molecule has 2 aromatic rings. The largest absolute Gasteiger partial charge is 0.416 e. The normalized spacial score (nSPS) is 19.5. The lowest BCUT2D eigenvalue weighted by Crippen LogP contribution is -2.44. The molecule has 0 spiro atoms. The van der Waals surface area contributed by atoms with Crippen LogP contribution in [0.1, 0.15) is 12.0 Å². The van der Waals surface area contributed by atoms with E-state index in [0.29, 0.717) is 11.4 Å². The van der Waals surface area contributed by atoms with Gasteiger partial charge in [-0.1, -0.05) is 30.3 Å². The van der Waals surface area contributed by atoms with Gasteiger partial charge < -0.3 is 15.2 Å². The van der Waals surface area contributed by atoms with Crippen LogP contribution >= 0.6 is 0 Å². The fourth-order valence-electron chi connectivity index (χ4n) is 2.86. The summed E-state index contributed by atoms with van der Waals surface area (Å²) in [5.41, 5.74) is 1.67. The van der Waals surface area contributed by atoms with Crippen molar-refractivity contribution >= 4 is 17.7 Å². The summed E-state index contributed by atoms with van der Waals surface area (Å²) in [5, 5.41) is 12.7. The van der Waals surface area contributed by atoms with Crippen LogP contribution in [0.15, 0.2) is 54.6 Å². The van der Waals surface area contributed by atoms with Gasteiger partial charge in [0.1, 0.15) is 11.8 Å². The maximum absolute atomic E-state index is 12.6. The maximum Gasteiger partial charge on any atom is 0.416 e. The summed E-state index contributed by atoms with van der Waals surface area (Å²) in [6, 6.07) is 15.3. The van der Waals surface area contributed by atoms with Gasteiger partial charge in [-0.3, -0.25) is 9.69 Å². The Morgan fingerprint density at radius 1 is 1.16 bits per heavy atom. The number of carbonyl (C=O) groups excluding carboxylic acids is 2. The number of ether oxygens (including phenoxy) is 1. The molecule has 0 saturated carbocycles. The van der Waals surface area contributed by atoms with Gasteiger partial charge in [-0.2, -0.15) is 0 Å². The number of carbonyl (C=O) groups is 2. The molecule has 1 fully saturated rings. The average Bonchev–Trinajstić information content (AvgIpc) is 2.98.